The van der Waals surface area contributed by atoms with Gasteiger partial charge in [0.15, 0.2) is 5.16 Å². The summed E-state index contributed by atoms with van der Waals surface area (Å²) in [6.07, 6.45) is -4.37. The van der Waals surface area contributed by atoms with Gasteiger partial charge >= 0.3 is 6.18 Å². The zero-order valence-electron chi connectivity index (χ0n) is 16.0. The lowest BCUT2D eigenvalue weighted by Crippen LogP contribution is -2.25. The summed E-state index contributed by atoms with van der Waals surface area (Å²) in [6, 6.07) is 12.5. The maximum Gasteiger partial charge on any atom is 0.416 e. The molecule has 5 nitrogen and oxygen atoms in total. The molecular formula is C21H18F3N3O2S. The lowest BCUT2D eigenvalue weighted by molar-refractivity contribution is -0.137. The smallest absolute Gasteiger partial charge is 0.383 e. The van der Waals surface area contributed by atoms with Crippen molar-refractivity contribution < 1.29 is 17.9 Å². The predicted molar refractivity (Wildman–Crippen MR) is 111 cm³/mol. The van der Waals surface area contributed by atoms with Crippen molar-refractivity contribution in [3.05, 3.63) is 70.0 Å². The average molecular weight is 433 g/mol. The Bertz CT molecular complexity index is 1250. The number of nitrogens with zero attached hydrogens (tertiary/aromatic N) is 2. The number of para-hydroxylation sites is 1. The number of ether oxygens (including phenoxy) is 1. The minimum atomic E-state index is -4.37. The highest BCUT2D eigenvalue weighted by atomic mass is 32.2. The number of thioether (sulfide) groups is 1. The first-order valence-corrected chi connectivity index (χ1v) is 10.2. The van der Waals surface area contributed by atoms with Crippen LogP contribution in [0.4, 0.5) is 13.2 Å². The summed E-state index contributed by atoms with van der Waals surface area (Å²) in [7, 11) is 1.55. The van der Waals surface area contributed by atoms with E-state index in [4.69, 9.17) is 9.72 Å². The number of fused-ring (bicyclic) bond motifs is 3. The summed E-state index contributed by atoms with van der Waals surface area (Å²) in [5.74, 6) is 0.380. The van der Waals surface area contributed by atoms with Crippen LogP contribution in [0.5, 0.6) is 0 Å². The zero-order valence-corrected chi connectivity index (χ0v) is 16.8. The van der Waals surface area contributed by atoms with Crippen molar-refractivity contribution >= 4 is 33.7 Å². The molecule has 0 atom stereocenters. The van der Waals surface area contributed by atoms with Crippen LogP contribution in [0.2, 0.25) is 0 Å². The number of methoxy groups -OCH3 is 1. The van der Waals surface area contributed by atoms with Gasteiger partial charge in [0.25, 0.3) is 5.56 Å². The summed E-state index contributed by atoms with van der Waals surface area (Å²) in [4.78, 5) is 20.9. The van der Waals surface area contributed by atoms with Crippen LogP contribution >= 0.6 is 11.8 Å². The van der Waals surface area contributed by atoms with Crippen LogP contribution < -0.4 is 5.56 Å². The third kappa shape index (κ3) is 3.95. The highest BCUT2D eigenvalue weighted by Gasteiger charge is 2.29. The summed E-state index contributed by atoms with van der Waals surface area (Å²) >= 11 is 1.31. The van der Waals surface area contributed by atoms with Crippen molar-refractivity contribution in [3.8, 4) is 0 Å². The van der Waals surface area contributed by atoms with E-state index >= 15 is 0 Å². The fourth-order valence-electron chi connectivity index (χ4n) is 3.20. The second kappa shape index (κ2) is 8.16. The van der Waals surface area contributed by atoms with Gasteiger partial charge in [-0.05, 0) is 23.8 Å². The van der Waals surface area contributed by atoms with Gasteiger partial charge in [0, 0.05) is 23.8 Å². The fourth-order valence-corrected chi connectivity index (χ4v) is 4.18. The maximum absolute atomic E-state index is 13.1. The van der Waals surface area contributed by atoms with Crippen molar-refractivity contribution in [1.82, 2.24) is 14.5 Å². The van der Waals surface area contributed by atoms with E-state index in [0.717, 1.165) is 23.0 Å². The van der Waals surface area contributed by atoms with Gasteiger partial charge in [0.2, 0.25) is 0 Å². The molecule has 0 aliphatic carbocycles. The molecule has 0 aliphatic heterocycles. The second-order valence-electron chi connectivity index (χ2n) is 6.72. The Morgan fingerprint density at radius 1 is 1.13 bits per heavy atom. The van der Waals surface area contributed by atoms with Crippen molar-refractivity contribution in [3.63, 3.8) is 0 Å². The molecule has 1 N–H and O–H groups in total. The van der Waals surface area contributed by atoms with E-state index in [1.807, 2.05) is 24.3 Å². The lowest BCUT2D eigenvalue weighted by atomic mass is 10.1. The van der Waals surface area contributed by atoms with E-state index in [1.165, 1.54) is 28.5 Å². The number of halogens is 3. The quantitative estimate of drug-likeness (QED) is 0.349. The molecule has 2 aromatic carbocycles. The first-order chi connectivity index (χ1) is 14.4. The number of benzene rings is 2. The molecule has 0 radical (unpaired) electrons. The molecule has 2 heterocycles. The molecule has 156 valence electrons. The number of aromatic nitrogens is 3. The molecule has 0 unspecified atom stereocenters. The molecule has 0 saturated carbocycles. The monoisotopic (exact) mass is 433 g/mol. The van der Waals surface area contributed by atoms with Crippen molar-refractivity contribution in [1.29, 1.82) is 0 Å². The van der Waals surface area contributed by atoms with Gasteiger partial charge in [0.1, 0.15) is 11.0 Å². The topological polar surface area (TPSA) is 59.9 Å². The standard InChI is InChI=1S/C21H18F3N3O2S/c1-29-11-10-27-19(28)18-17(15-4-2-3-5-16(15)25-18)26-20(27)30-12-13-6-8-14(9-7-13)21(22,23)24/h2-9,25H,10-12H2,1H3. The summed E-state index contributed by atoms with van der Waals surface area (Å²) in [5.41, 5.74) is 1.64. The first kappa shape index (κ1) is 20.5. The van der Waals surface area contributed by atoms with Crippen molar-refractivity contribution in [2.24, 2.45) is 0 Å². The minimum absolute atomic E-state index is 0.205. The molecule has 9 heteroatoms. The molecule has 30 heavy (non-hydrogen) atoms. The number of nitrogens with one attached hydrogen (secondary N) is 1. The molecule has 4 aromatic rings. The molecular weight excluding hydrogens is 415 g/mol. The molecule has 4 rings (SSSR count). The van der Waals surface area contributed by atoms with E-state index in [0.29, 0.717) is 40.7 Å². The normalized spacial score (nSPS) is 12.1. The predicted octanol–water partition coefficient (Wildman–Crippen LogP) is 4.84. The van der Waals surface area contributed by atoms with Gasteiger partial charge < -0.3 is 9.72 Å². The van der Waals surface area contributed by atoms with Crippen LogP contribution in [-0.4, -0.2) is 28.3 Å². The van der Waals surface area contributed by atoms with Crippen LogP contribution in [0.3, 0.4) is 0 Å². The summed E-state index contributed by atoms with van der Waals surface area (Å²) in [5, 5.41) is 1.34. The van der Waals surface area contributed by atoms with Crippen molar-refractivity contribution in [2.45, 2.75) is 23.6 Å². The van der Waals surface area contributed by atoms with E-state index in [2.05, 4.69) is 4.98 Å². The Morgan fingerprint density at radius 3 is 2.57 bits per heavy atom. The Morgan fingerprint density at radius 2 is 1.87 bits per heavy atom. The van der Waals surface area contributed by atoms with Crippen LogP contribution in [0, 0.1) is 0 Å². The molecule has 0 aliphatic rings. The zero-order chi connectivity index (χ0) is 21.3. The second-order valence-corrected chi connectivity index (χ2v) is 7.66. The van der Waals surface area contributed by atoms with Crippen LogP contribution in [0.1, 0.15) is 11.1 Å². The van der Waals surface area contributed by atoms with Crippen LogP contribution in [0.15, 0.2) is 58.5 Å². The van der Waals surface area contributed by atoms with Gasteiger partial charge in [-0.2, -0.15) is 13.2 Å². The largest absolute Gasteiger partial charge is 0.416 e. The third-order valence-electron chi connectivity index (χ3n) is 4.74. The fraction of sp³-hybridized carbons (Fsp3) is 0.238. The van der Waals surface area contributed by atoms with Crippen LogP contribution in [-0.2, 0) is 23.2 Å². The summed E-state index contributed by atoms with van der Waals surface area (Å²) in [6.45, 7) is 0.657. The number of aromatic amines is 1. The molecule has 0 bridgehead atoms. The molecule has 0 fully saturated rings. The average Bonchev–Trinajstić information content (AvgIpc) is 3.10. The van der Waals surface area contributed by atoms with Gasteiger partial charge in [-0.3, -0.25) is 9.36 Å². The minimum Gasteiger partial charge on any atom is -0.383 e. The van der Waals surface area contributed by atoms with Gasteiger partial charge in [-0.25, -0.2) is 4.98 Å². The Hall–Kier alpha value is -2.78. The van der Waals surface area contributed by atoms with Crippen LogP contribution in [0.25, 0.3) is 21.9 Å². The summed E-state index contributed by atoms with van der Waals surface area (Å²) < 4.78 is 44.9. The van der Waals surface area contributed by atoms with E-state index in [-0.39, 0.29) is 5.56 Å². The number of hydrogen-bond donors (Lipinski definition) is 1. The third-order valence-corrected chi connectivity index (χ3v) is 5.79. The number of hydrogen-bond acceptors (Lipinski definition) is 4. The highest BCUT2D eigenvalue weighted by molar-refractivity contribution is 7.98. The number of rotatable bonds is 6. The van der Waals surface area contributed by atoms with Gasteiger partial charge in [-0.15, -0.1) is 0 Å². The van der Waals surface area contributed by atoms with E-state index in [1.54, 1.807) is 7.11 Å². The molecule has 0 amide bonds. The van der Waals surface area contributed by atoms with Gasteiger partial charge in [0.05, 0.1) is 18.7 Å². The Labute approximate surface area is 173 Å². The molecule has 0 spiro atoms. The van der Waals surface area contributed by atoms with E-state index in [9.17, 15) is 18.0 Å². The van der Waals surface area contributed by atoms with Crippen molar-refractivity contribution in [2.75, 3.05) is 13.7 Å². The maximum atomic E-state index is 13.1. The van der Waals surface area contributed by atoms with Gasteiger partial charge in [-0.1, -0.05) is 42.1 Å². The molecule has 0 saturated heterocycles. The SMILES string of the molecule is COCCn1c(SCc2ccc(C(F)(F)F)cc2)nc2c([nH]c3ccccc32)c1=O. The van der Waals surface area contributed by atoms with E-state index < -0.39 is 11.7 Å². The molecule has 2 aromatic heterocycles. The first-order valence-electron chi connectivity index (χ1n) is 9.17. The Balaban J connectivity index is 1.71. The number of H-pyrrole nitrogens is 1. The lowest BCUT2D eigenvalue weighted by Gasteiger charge is -2.12. The number of alkyl halides is 3. The Kier molecular flexibility index (Phi) is 5.57. The highest BCUT2D eigenvalue weighted by Crippen LogP contribution is 2.30.